The highest BCUT2D eigenvalue weighted by molar-refractivity contribution is 5.52. The molecule has 3 aromatic carbocycles. The molecule has 1 aliphatic rings. The molecule has 32 heavy (non-hydrogen) atoms. The van der Waals surface area contributed by atoms with Crippen LogP contribution in [0.2, 0.25) is 0 Å². The fourth-order valence-corrected chi connectivity index (χ4v) is 3.72. The van der Waals surface area contributed by atoms with Gasteiger partial charge in [0.15, 0.2) is 0 Å². The van der Waals surface area contributed by atoms with Crippen molar-refractivity contribution in [2.75, 3.05) is 5.06 Å². The lowest BCUT2D eigenvalue weighted by atomic mass is 10.00. The number of hydroxylamine groups is 1. The normalized spacial score (nSPS) is 18.2. The maximum atomic E-state index is 11.0. The van der Waals surface area contributed by atoms with Crippen LogP contribution in [0.1, 0.15) is 17.5 Å². The van der Waals surface area contributed by atoms with Crippen molar-refractivity contribution in [2.45, 2.75) is 25.0 Å². The van der Waals surface area contributed by atoms with E-state index in [1.54, 1.807) is 29.3 Å². The molecule has 8 heteroatoms. The van der Waals surface area contributed by atoms with Crippen molar-refractivity contribution in [1.82, 2.24) is 0 Å². The van der Waals surface area contributed by atoms with Crippen LogP contribution in [0.4, 0.5) is 17.1 Å². The van der Waals surface area contributed by atoms with Gasteiger partial charge in [-0.15, -0.1) is 0 Å². The van der Waals surface area contributed by atoms with Crippen LogP contribution in [0.3, 0.4) is 0 Å². The summed E-state index contributed by atoms with van der Waals surface area (Å²) in [6.07, 6.45) is 5.16. The fourth-order valence-electron chi connectivity index (χ4n) is 3.72. The molecule has 0 aliphatic carbocycles. The molecule has 0 radical (unpaired) electrons. The summed E-state index contributed by atoms with van der Waals surface area (Å²) in [6.45, 7) is 0. The van der Waals surface area contributed by atoms with Crippen LogP contribution < -0.4 is 5.06 Å². The van der Waals surface area contributed by atoms with Crippen molar-refractivity contribution in [2.24, 2.45) is 0 Å². The van der Waals surface area contributed by atoms with Crippen LogP contribution in [0.25, 0.3) is 6.08 Å². The number of rotatable bonds is 7. The second-order valence-electron chi connectivity index (χ2n) is 7.53. The number of benzene rings is 3. The van der Waals surface area contributed by atoms with E-state index >= 15 is 0 Å². The van der Waals surface area contributed by atoms with Gasteiger partial charge in [-0.3, -0.25) is 30.1 Å². The lowest BCUT2D eigenvalue weighted by Gasteiger charge is -2.24. The number of nitro benzene ring substituents is 2. The maximum Gasteiger partial charge on any atom is 0.269 e. The first kappa shape index (κ1) is 21.2. The van der Waals surface area contributed by atoms with Crippen molar-refractivity contribution in [3.63, 3.8) is 0 Å². The van der Waals surface area contributed by atoms with Gasteiger partial charge >= 0.3 is 0 Å². The van der Waals surface area contributed by atoms with Gasteiger partial charge < -0.3 is 0 Å². The minimum atomic E-state index is -0.436. The van der Waals surface area contributed by atoms with Crippen LogP contribution in [0.15, 0.2) is 84.9 Å². The Bertz CT molecular complexity index is 1110. The van der Waals surface area contributed by atoms with Gasteiger partial charge in [0.1, 0.15) is 6.10 Å². The van der Waals surface area contributed by atoms with E-state index in [0.29, 0.717) is 12.8 Å². The first-order valence-corrected chi connectivity index (χ1v) is 10.2. The monoisotopic (exact) mass is 431 g/mol. The Morgan fingerprint density at radius 3 is 2.06 bits per heavy atom. The Kier molecular flexibility index (Phi) is 6.23. The number of hydrogen-bond donors (Lipinski definition) is 0. The summed E-state index contributed by atoms with van der Waals surface area (Å²) in [5.74, 6) is 0. The third kappa shape index (κ3) is 4.98. The first-order valence-electron chi connectivity index (χ1n) is 10.2. The Hall–Kier alpha value is -4.04. The molecule has 3 aromatic rings. The Morgan fingerprint density at radius 1 is 0.875 bits per heavy atom. The molecule has 0 unspecified atom stereocenters. The summed E-state index contributed by atoms with van der Waals surface area (Å²) < 4.78 is 0. The number of hydrogen-bond acceptors (Lipinski definition) is 6. The zero-order valence-electron chi connectivity index (χ0n) is 17.1. The molecular formula is C24H21N3O5. The summed E-state index contributed by atoms with van der Waals surface area (Å²) >= 11 is 0. The van der Waals surface area contributed by atoms with Gasteiger partial charge in [-0.05, 0) is 29.7 Å². The van der Waals surface area contributed by atoms with E-state index in [-0.39, 0.29) is 23.5 Å². The van der Waals surface area contributed by atoms with E-state index < -0.39 is 9.85 Å². The molecule has 0 aromatic heterocycles. The van der Waals surface area contributed by atoms with E-state index in [2.05, 4.69) is 0 Å². The molecule has 4 rings (SSSR count). The van der Waals surface area contributed by atoms with Crippen molar-refractivity contribution in [3.8, 4) is 0 Å². The quantitative estimate of drug-likeness (QED) is 0.370. The lowest BCUT2D eigenvalue weighted by molar-refractivity contribution is -0.385. The molecule has 1 heterocycles. The fraction of sp³-hybridized carbons (Fsp3) is 0.167. The molecule has 162 valence electrons. The maximum absolute atomic E-state index is 11.0. The van der Waals surface area contributed by atoms with Crippen molar-refractivity contribution in [1.29, 1.82) is 0 Å². The lowest BCUT2D eigenvalue weighted by Crippen LogP contribution is -2.29. The smallest absolute Gasteiger partial charge is 0.266 e. The molecule has 2 atom stereocenters. The highest BCUT2D eigenvalue weighted by atomic mass is 16.7. The summed E-state index contributed by atoms with van der Waals surface area (Å²) in [7, 11) is 0. The molecule has 0 spiro atoms. The topological polar surface area (TPSA) is 98.8 Å². The van der Waals surface area contributed by atoms with Crippen LogP contribution in [-0.2, 0) is 11.3 Å². The second kappa shape index (κ2) is 9.40. The molecular weight excluding hydrogens is 410 g/mol. The summed E-state index contributed by atoms with van der Waals surface area (Å²) in [4.78, 5) is 27.2. The third-order valence-corrected chi connectivity index (χ3v) is 5.32. The molecule has 0 saturated carbocycles. The van der Waals surface area contributed by atoms with E-state index in [9.17, 15) is 20.2 Å². The van der Waals surface area contributed by atoms with Crippen molar-refractivity contribution < 1.29 is 14.7 Å². The first-order chi connectivity index (χ1) is 15.5. The average molecular weight is 431 g/mol. The highest BCUT2D eigenvalue weighted by Crippen LogP contribution is 2.32. The predicted octanol–water partition coefficient (Wildman–Crippen LogP) is 5.34. The van der Waals surface area contributed by atoms with Gasteiger partial charge in [-0.2, -0.15) is 0 Å². The number of nitrogens with zero attached hydrogens (tertiary/aromatic N) is 3. The van der Waals surface area contributed by atoms with Crippen LogP contribution >= 0.6 is 0 Å². The van der Waals surface area contributed by atoms with Crippen LogP contribution in [0, 0.1) is 20.2 Å². The predicted molar refractivity (Wildman–Crippen MR) is 121 cm³/mol. The average Bonchev–Trinajstić information content (AvgIpc) is 3.21. The molecule has 0 N–H and O–H groups in total. The number of non-ortho nitro benzene ring substituents is 2. The molecule has 8 nitrogen and oxygen atoms in total. The number of anilines is 1. The third-order valence-electron chi connectivity index (χ3n) is 5.32. The molecule has 0 bridgehead atoms. The Balaban J connectivity index is 1.55. The summed E-state index contributed by atoms with van der Waals surface area (Å²) in [5, 5.41) is 23.7. The van der Waals surface area contributed by atoms with Crippen molar-refractivity contribution >= 4 is 23.1 Å². The minimum absolute atomic E-state index is 0.0142. The van der Waals surface area contributed by atoms with Gasteiger partial charge in [0.25, 0.3) is 11.4 Å². The van der Waals surface area contributed by atoms with E-state index in [1.807, 2.05) is 42.5 Å². The van der Waals surface area contributed by atoms with Gasteiger partial charge in [-0.1, -0.05) is 54.6 Å². The van der Waals surface area contributed by atoms with Crippen molar-refractivity contribution in [3.05, 3.63) is 116 Å². The van der Waals surface area contributed by atoms with Gasteiger partial charge in [0, 0.05) is 30.7 Å². The van der Waals surface area contributed by atoms with Crippen LogP contribution in [0.5, 0.6) is 0 Å². The SMILES string of the molecule is O=[N+]([O-])c1ccc(C[C@@H]2C[C@H](/C=C/c3ccccc3)ON2c2ccc([N+](=O)[O-])cc2)cc1. The Morgan fingerprint density at radius 2 is 1.47 bits per heavy atom. The van der Waals surface area contributed by atoms with Gasteiger partial charge in [0.2, 0.25) is 0 Å². The van der Waals surface area contributed by atoms with E-state index in [0.717, 1.165) is 16.8 Å². The standard InChI is InChI=1S/C24H21N3O5/c28-26(29)21-9-6-19(7-10-21)16-23-17-24(15-8-18-4-2-1-3-5-18)32-25(23)20-11-13-22(14-12-20)27(30)31/h1-15,23-24H,16-17H2/b15-8+/t23-,24+/m1/s1. The molecule has 1 saturated heterocycles. The van der Waals surface area contributed by atoms with Gasteiger partial charge in [-0.25, -0.2) is 0 Å². The zero-order chi connectivity index (χ0) is 22.5. The molecule has 1 fully saturated rings. The largest absolute Gasteiger partial charge is 0.269 e. The number of nitro groups is 2. The summed E-state index contributed by atoms with van der Waals surface area (Å²) in [6, 6.07) is 22.6. The molecule has 0 amide bonds. The molecule has 1 aliphatic heterocycles. The Labute approximate surface area is 184 Å². The zero-order valence-corrected chi connectivity index (χ0v) is 17.1. The highest BCUT2D eigenvalue weighted by Gasteiger charge is 2.33. The second-order valence-corrected chi connectivity index (χ2v) is 7.53. The van der Waals surface area contributed by atoms with Crippen LogP contribution in [-0.4, -0.2) is 22.0 Å². The van der Waals surface area contributed by atoms with Gasteiger partial charge in [0.05, 0.1) is 21.6 Å². The van der Waals surface area contributed by atoms with E-state index in [4.69, 9.17) is 4.84 Å². The van der Waals surface area contributed by atoms with E-state index in [1.165, 1.54) is 24.3 Å². The minimum Gasteiger partial charge on any atom is -0.266 e. The summed E-state index contributed by atoms with van der Waals surface area (Å²) in [5.41, 5.74) is 2.80.